The van der Waals surface area contributed by atoms with Crippen molar-refractivity contribution >= 4 is 62.4 Å². The molecular formula is C41H32F3N7O6S. The number of hydrogen-bond acceptors (Lipinski definition) is 8. The van der Waals surface area contributed by atoms with Gasteiger partial charge in [0.1, 0.15) is 35.2 Å². The quantitative estimate of drug-likeness (QED) is 0.161. The highest BCUT2D eigenvalue weighted by molar-refractivity contribution is 7.67. The highest BCUT2D eigenvalue weighted by atomic mass is 32.1. The largest absolute Gasteiger partial charge is 0.491 e. The van der Waals surface area contributed by atoms with Crippen molar-refractivity contribution in [3.8, 4) is 22.9 Å². The van der Waals surface area contributed by atoms with Crippen LogP contribution in [-0.4, -0.2) is 65.6 Å². The van der Waals surface area contributed by atoms with E-state index in [1.165, 1.54) is 21.9 Å². The SMILES string of the molecule is CC1(C)C(=O)N(c2ccc(C#N)c(C(F)(F)F)c2)C(=S=O)N1c1ccc(-c2ccc3c(c2)ncn3CCOc2cccc3c2CN(C2CCC(=O)NC2=O)C3=O)cc1. The molecule has 17 heteroatoms. The first-order valence-corrected chi connectivity index (χ1v) is 18.8. The van der Waals surface area contributed by atoms with Crippen LogP contribution in [0.1, 0.15) is 53.7 Å². The number of benzene rings is 4. The number of imide groups is 1. The summed E-state index contributed by atoms with van der Waals surface area (Å²) < 4.78 is 62.0. The van der Waals surface area contributed by atoms with E-state index < -0.39 is 40.7 Å². The number of amides is 4. The molecule has 0 aliphatic carbocycles. The molecule has 3 aliphatic heterocycles. The van der Waals surface area contributed by atoms with Crippen molar-refractivity contribution < 1.29 is 41.3 Å². The van der Waals surface area contributed by atoms with Crippen molar-refractivity contribution in [1.29, 1.82) is 5.26 Å². The number of imidazole rings is 1. The third-order valence-corrected chi connectivity index (χ3v) is 11.2. The average Bonchev–Trinajstić information content (AvgIpc) is 3.83. The first-order chi connectivity index (χ1) is 27.7. The normalized spacial score (nSPS) is 17.8. The number of nitriles is 1. The number of carbonyl (C=O) groups excluding carboxylic acids is 4. The molecule has 1 atom stereocenters. The smallest absolute Gasteiger partial charge is 0.417 e. The van der Waals surface area contributed by atoms with Gasteiger partial charge in [-0.3, -0.25) is 29.4 Å². The lowest BCUT2D eigenvalue weighted by Crippen LogP contribution is -2.52. The number of piperidine rings is 1. The van der Waals surface area contributed by atoms with E-state index in [0.29, 0.717) is 40.7 Å². The molecule has 3 aliphatic rings. The van der Waals surface area contributed by atoms with Crippen LogP contribution < -0.4 is 19.9 Å². The Morgan fingerprint density at radius 3 is 2.43 bits per heavy atom. The Bertz CT molecular complexity index is 2660. The van der Waals surface area contributed by atoms with Gasteiger partial charge in [0, 0.05) is 23.2 Å². The zero-order chi connectivity index (χ0) is 41.1. The summed E-state index contributed by atoms with van der Waals surface area (Å²) in [4.78, 5) is 59.5. The summed E-state index contributed by atoms with van der Waals surface area (Å²) >= 11 is -0.0193. The van der Waals surface area contributed by atoms with Crippen molar-refractivity contribution in [3.63, 3.8) is 0 Å². The molecular weight excluding hydrogens is 776 g/mol. The Balaban J connectivity index is 0.966. The van der Waals surface area contributed by atoms with Crippen LogP contribution in [0.4, 0.5) is 24.5 Å². The van der Waals surface area contributed by atoms with Gasteiger partial charge in [-0.1, -0.05) is 24.3 Å². The molecule has 0 spiro atoms. The molecule has 1 aromatic heterocycles. The molecule has 4 heterocycles. The maximum atomic E-state index is 13.8. The highest BCUT2D eigenvalue weighted by Crippen LogP contribution is 2.40. The molecule has 5 aromatic rings. The molecule has 2 saturated heterocycles. The number of nitrogens with one attached hydrogen (secondary N) is 1. The van der Waals surface area contributed by atoms with Crippen molar-refractivity contribution in [1.82, 2.24) is 19.8 Å². The van der Waals surface area contributed by atoms with Crippen LogP contribution in [0.25, 0.3) is 22.2 Å². The monoisotopic (exact) mass is 807 g/mol. The van der Waals surface area contributed by atoms with Gasteiger partial charge in [0.25, 0.3) is 11.8 Å². The minimum Gasteiger partial charge on any atom is -0.491 e. The predicted molar refractivity (Wildman–Crippen MR) is 207 cm³/mol. The summed E-state index contributed by atoms with van der Waals surface area (Å²) in [7, 11) is 0. The van der Waals surface area contributed by atoms with Gasteiger partial charge in [0.2, 0.25) is 16.9 Å². The third-order valence-electron chi connectivity index (χ3n) is 10.6. The van der Waals surface area contributed by atoms with E-state index in [9.17, 15) is 41.8 Å². The average molecular weight is 808 g/mol. The second kappa shape index (κ2) is 14.3. The number of hydrogen-bond donors (Lipinski definition) is 1. The second-order valence-electron chi connectivity index (χ2n) is 14.5. The zero-order valence-electron chi connectivity index (χ0n) is 30.9. The van der Waals surface area contributed by atoms with Crippen LogP contribution in [-0.2, 0) is 44.9 Å². The fraction of sp³-hybridized carbons (Fsp3) is 0.244. The first kappa shape index (κ1) is 38.1. The molecule has 0 bridgehead atoms. The number of halogens is 3. The molecule has 1 unspecified atom stereocenters. The van der Waals surface area contributed by atoms with Gasteiger partial charge in [0.15, 0.2) is 0 Å². The summed E-state index contributed by atoms with van der Waals surface area (Å²) in [5.41, 5.74) is 1.50. The molecule has 1 N–H and O–H groups in total. The number of rotatable bonds is 8. The standard InChI is InChI=1S/C41H32F3N7O6S/c1-40(2)38(55)50(27-12-8-25(20-45)30(19-27)41(42,43)44)39(58-56)51(40)26-10-6-23(7-11-26)24-9-13-32-31(18-24)46-22-48(32)16-17-57-34-5-3-4-28-29(34)21-49(37(28)54)33-14-15-35(52)47-36(33)53/h3-13,18-19,22,33H,14-17,21H2,1-2H3,(H,47,52,53). The zero-order valence-corrected chi connectivity index (χ0v) is 31.7. The lowest BCUT2D eigenvalue weighted by Gasteiger charge is -2.29. The van der Waals surface area contributed by atoms with E-state index in [1.54, 1.807) is 50.5 Å². The summed E-state index contributed by atoms with van der Waals surface area (Å²) in [6.07, 6.45) is -2.72. The van der Waals surface area contributed by atoms with Crippen LogP contribution in [0.5, 0.6) is 5.75 Å². The fourth-order valence-electron chi connectivity index (χ4n) is 7.70. The number of aromatic nitrogens is 2. The van der Waals surface area contributed by atoms with Gasteiger partial charge in [-0.15, -0.1) is 0 Å². The lowest BCUT2D eigenvalue weighted by molar-refractivity contribution is -0.138. The molecule has 8 rings (SSSR count). The summed E-state index contributed by atoms with van der Waals surface area (Å²) in [5.74, 6) is -1.19. The van der Waals surface area contributed by atoms with Crippen LogP contribution in [0.15, 0.2) is 85.2 Å². The van der Waals surface area contributed by atoms with Gasteiger partial charge >= 0.3 is 6.18 Å². The summed E-state index contributed by atoms with van der Waals surface area (Å²) in [6, 6.07) is 21.8. The minimum absolute atomic E-state index is 0.0193. The van der Waals surface area contributed by atoms with Crippen molar-refractivity contribution in [3.05, 3.63) is 107 Å². The first-order valence-electron chi connectivity index (χ1n) is 18.1. The molecule has 4 aromatic carbocycles. The Labute approximate surface area is 332 Å². The topological polar surface area (TPSA) is 158 Å². The molecule has 0 radical (unpaired) electrons. The summed E-state index contributed by atoms with van der Waals surface area (Å²) in [5, 5.41) is 11.4. The highest BCUT2D eigenvalue weighted by Gasteiger charge is 2.51. The van der Waals surface area contributed by atoms with Crippen LogP contribution >= 0.6 is 0 Å². The Kier molecular flexibility index (Phi) is 9.39. The van der Waals surface area contributed by atoms with E-state index in [2.05, 4.69) is 10.3 Å². The van der Waals surface area contributed by atoms with E-state index in [1.807, 2.05) is 34.9 Å². The minimum atomic E-state index is -4.85. The van der Waals surface area contributed by atoms with Gasteiger partial charge < -0.3 is 19.1 Å². The van der Waals surface area contributed by atoms with E-state index in [-0.39, 0.29) is 59.9 Å². The van der Waals surface area contributed by atoms with E-state index in [0.717, 1.165) is 27.6 Å². The lowest BCUT2D eigenvalue weighted by atomic mass is 10.0. The van der Waals surface area contributed by atoms with Gasteiger partial charge in [-0.25, -0.2) is 9.19 Å². The Morgan fingerprint density at radius 1 is 0.983 bits per heavy atom. The number of carbonyl (C=O) groups is 4. The third kappa shape index (κ3) is 6.44. The number of fused-ring (bicyclic) bond motifs is 2. The molecule has 0 saturated carbocycles. The second-order valence-corrected chi connectivity index (χ2v) is 15.0. The van der Waals surface area contributed by atoms with Crippen LogP contribution in [0, 0.1) is 11.3 Å². The van der Waals surface area contributed by atoms with Gasteiger partial charge in [-0.2, -0.15) is 18.4 Å². The van der Waals surface area contributed by atoms with Crippen LogP contribution in [0.3, 0.4) is 0 Å². The predicted octanol–water partition coefficient (Wildman–Crippen LogP) is 5.37. The maximum absolute atomic E-state index is 13.8. The van der Waals surface area contributed by atoms with E-state index in [4.69, 9.17) is 4.74 Å². The Hall–Kier alpha value is -6.80. The van der Waals surface area contributed by atoms with Gasteiger partial charge in [0.05, 0.1) is 53.3 Å². The molecule has 4 amide bonds. The van der Waals surface area contributed by atoms with Crippen molar-refractivity contribution in [2.75, 3.05) is 16.4 Å². The Morgan fingerprint density at radius 2 is 1.72 bits per heavy atom. The van der Waals surface area contributed by atoms with Crippen molar-refractivity contribution in [2.45, 2.75) is 57.5 Å². The maximum Gasteiger partial charge on any atom is 0.417 e. The summed E-state index contributed by atoms with van der Waals surface area (Å²) in [6.45, 7) is 4.06. The fourth-order valence-corrected chi connectivity index (χ4v) is 8.38. The molecule has 13 nitrogen and oxygen atoms in total. The van der Waals surface area contributed by atoms with Gasteiger partial charge in [-0.05, 0) is 86.0 Å². The number of ether oxygens (including phenoxy) is 1. The molecule has 294 valence electrons. The number of anilines is 2. The number of alkyl halides is 3. The van der Waals surface area contributed by atoms with Crippen molar-refractivity contribution in [2.24, 2.45) is 0 Å². The molecule has 2 fully saturated rings. The number of nitrogens with zero attached hydrogens (tertiary/aromatic N) is 6. The molecule has 58 heavy (non-hydrogen) atoms. The van der Waals surface area contributed by atoms with Crippen LogP contribution in [0.2, 0.25) is 0 Å². The van der Waals surface area contributed by atoms with E-state index >= 15 is 0 Å².